The first-order valence-electron chi connectivity index (χ1n) is 6.36. The molecule has 0 aliphatic rings. The highest BCUT2D eigenvalue weighted by Crippen LogP contribution is 2.22. The predicted molar refractivity (Wildman–Crippen MR) is 75.0 cm³/mol. The van der Waals surface area contributed by atoms with E-state index >= 15 is 0 Å². The minimum Gasteiger partial charge on any atom is -0.494 e. The number of nitrogen functional groups attached to an aromatic ring is 1. The van der Waals surface area contributed by atoms with Crippen LogP contribution in [0, 0.1) is 0 Å². The highest BCUT2D eigenvalue weighted by Gasteiger charge is 2.04. The number of hydrogen-bond donors (Lipinski definition) is 2. The topological polar surface area (TPSA) is 78.0 Å². The molecule has 0 amide bonds. The average molecular weight is 261 g/mol. The summed E-state index contributed by atoms with van der Waals surface area (Å²) in [5.74, 6) is 1.66. The van der Waals surface area contributed by atoms with Gasteiger partial charge in [0.25, 0.3) is 0 Å². The average Bonchev–Trinajstić information content (AvgIpc) is 2.83. The molecule has 0 spiro atoms. The third-order valence-corrected chi connectivity index (χ3v) is 2.73. The van der Waals surface area contributed by atoms with Crippen LogP contribution in [0.3, 0.4) is 0 Å². The van der Waals surface area contributed by atoms with Gasteiger partial charge in [0, 0.05) is 30.1 Å². The molecule has 3 N–H and O–H groups in total. The van der Waals surface area contributed by atoms with Gasteiger partial charge in [-0.3, -0.25) is 0 Å². The number of nitrogens with one attached hydrogen (secondary N) is 1. The summed E-state index contributed by atoms with van der Waals surface area (Å²) < 4.78 is 7.44. The first kappa shape index (κ1) is 13.2. The second-order valence-corrected chi connectivity index (χ2v) is 4.11. The molecule has 2 rings (SSSR count). The number of aryl methyl sites for hydroxylation is 1. The number of rotatable bonds is 6. The van der Waals surface area contributed by atoms with E-state index in [4.69, 9.17) is 10.5 Å². The number of nitrogens with zero attached hydrogens (tertiary/aromatic N) is 3. The number of nitrogens with two attached hydrogens (primary N) is 1. The van der Waals surface area contributed by atoms with Gasteiger partial charge in [0.15, 0.2) is 5.82 Å². The fourth-order valence-electron chi connectivity index (χ4n) is 1.84. The lowest BCUT2D eigenvalue weighted by atomic mass is 10.2. The molecule has 0 saturated heterocycles. The van der Waals surface area contributed by atoms with Crippen molar-refractivity contribution in [1.82, 2.24) is 14.8 Å². The maximum atomic E-state index is 5.84. The summed E-state index contributed by atoms with van der Waals surface area (Å²) in [7, 11) is 0. The quantitative estimate of drug-likeness (QED) is 0.776. The molecule has 1 heterocycles. The smallest absolute Gasteiger partial charge is 0.152 e. The van der Waals surface area contributed by atoms with Gasteiger partial charge in [-0.1, -0.05) is 0 Å². The third-order valence-electron chi connectivity index (χ3n) is 2.73. The lowest BCUT2D eigenvalue weighted by molar-refractivity contribution is 0.340. The van der Waals surface area contributed by atoms with Gasteiger partial charge in [-0.15, -0.1) is 10.2 Å². The van der Waals surface area contributed by atoms with Gasteiger partial charge in [0.1, 0.15) is 12.1 Å². The maximum absolute atomic E-state index is 5.84. The fraction of sp³-hybridized carbons (Fsp3) is 0.385. The standard InChI is InChI=1S/C13H19N5O/c1-3-18-9-16-17-13(18)8-15-11-5-10(14)6-12(7-11)19-4-2/h5-7,9,15H,3-4,8,14H2,1-2H3. The van der Waals surface area contributed by atoms with Crippen LogP contribution in [0.25, 0.3) is 0 Å². The summed E-state index contributed by atoms with van der Waals surface area (Å²) in [6, 6.07) is 5.60. The number of ether oxygens (including phenoxy) is 1. The SMILES string of the molecule is CCOc1cc(N)cc(NCc2nncn2CC)c1. The van der Waals surface area contributed by atoms with Crippen molar-refractivity contribution in [2.75, 3.05) is 17.7 Å². The molecule has 0 aliphatic carbocycles. The Morgan fingerprint density at radius 1 is 1.32 bits per heavy atom. The number of anilines is 2. The summed E-state index contributed by atoms with van der Waals surface area (Å²) in [5, 5.41) is 11.2. The van der Waals surface area contributed by atoms with E-state index in [9.17, 15) is 0 Å². The lowest BCUT2D eigenvalue weighted by Crippen LogP contribution is -2.08. The molecule has 0 atom stereocenters. The monoisotopic (exact) mass is 261 g/mol. The molecule has 0 saturated carbocycles. The maximum Gasteiger partial charge on any atom is 0.152 e. The molecule has 0 fully saturated rings. The molecule has 1 aromatic carbocycles. The summed E-state index contributed by atoms with van der Waals surface area (Å²) in [6.07, 6.45) is 1.72. The van der Waals surface area contributed by atoms with Crippen LogP contribution in [-0.4, -0.2) is 21.4 Å². The summed E-state index contributed by atoms with van der Waals surface area (Å²) in [4.78, 5) is 0. The zero-order chi connectivity index (χ0) is 13.7. The first-order chi connectivity index (χ1) is 9.22. The zero-order valence-corrected chi connectivity index (χ0v) is 11.3. The summed E-state index contributed by atoms with van der Waals surface area (Å²) >= 11 is 0. The minimum atomic E-state index is 0.600. The molecule has 0 unspecified atom stereocenters. The molecule has 6 heteroatoms. The van der Waals surface area contributed by atoms with E-state index in [1.165, 1.54) is 0 Å². The lowest BCUT2D eigenvalue weighted by Gasteiger charge is -2.10. The predicted octanol–water partition coefficient (Wildman–Crippen LogP) is 1.89. The molecule has 6 nitrogen and oxygen atoms in total. The molecule has 102 valence electrons. The van der Waals surface area contributed by atoms with Gasteiger partial charge in [-0.25, -0.2) is 0 Å². The van der Waals surface area contributed by atoms with Crippen LogP contribution in [0.2, 0.25) is 0 Å². The zero-order valence-electron chi connectivity index (χ0n) is 11.3. The first-order valence-corrected chi connectivity index (χ1v) is 6.36. The van der Waals surface area contributed by atoms with Crippen LogP contribution in [0.15, 0.2) is 24.5 Å². The highest BCUT2D eigenvalue weighted by atomic mass is 16.5. The van der Waals surface area contributed by atoms with Gasteiger partial charge in [-0.2, -0.15) is 0 Å². The van der Waals surface area contributed by atoms with Crippen LogP contribution >= 0.6 is 0 Å². The second-order valence-electron chi connectivity index (χ2n) is 4.11. The molecular weight excluding hydrogens is 242 g/mol. The van der Waals surface area contributed by atoms with Gasteiger partial charge in [0.2, 0.25) is 0 Å². The van der Waals surface area contributed by atoms with Crippen LogP contribution in [-0.2, 0) is 13.1 Å². The van der Waals surface area contributed by atoms with Crippen LogP contribution in [0.5, 0.6) is 5.75 Å². The molecule has 2 aromatic rings. The Kier molecular flexibility index (Phi) is 4.22. The summed E-state index contributed by atoms with van der Waals surface area (Å²) in [6.45, 7) is 6.07. The Morgan fingerprint density at radius 3 is 2.89 bits per heavy atom. The second kappa shape index (κ2) is 6.08. The van der Waals surface area contributed by atoms with Crippen molar-refractivity contribution in [2.24, 2.45) is 0 Å². The van der Waals surface area contributed by atoms with Gasteiger partial charge in [0.05, 0.1) is 13.2 Å². The number of benzene rings is 1. The Balaban J connectivity index is 2.06. The van der Waals surface area contributed by atoms with E-state index in [-0.39, 0.29) is 0 Å². The van der Waals surface area contributed by atoms with Crippen molar-refractivity contribution in [3.8, 4) is 5.75 Å². The third kappa shape index (κ3) is 3.37. The van der Waals surface area contributed by atoms with Crippen molar-refractivity contribution in [3.63, 3.8) is 0 Å². The van der Waals surface area contributed by atoms with E-state index in [1.807, 2.05) is 29.7 Å². The van der Waals surface area contributed by atoms with Crippen molar-refractivity contribution >= 4 is 11.4 Å². The minimum absolute atomic E-state index is 0.600. The molecule has 1 aromatic heterocycles. The van der Waals surface area contributed by atoms with Crippen molar-refractivity contribution in [3.05, 3.63) is 30.4 Å². The highest BCUT2D eigenvalue weighted by molar-refractivity contribution is 5.59. The Hall–Kier alpha value is -2.24. The van der Waals surface area contributed by atoms with E-state index in [2.05, 4.69) is 22.4 Å². The Bertz CT molecular complexity index is 538. The molecule has 0 bridgehead atoms. The summed E-state index contributed by atoms with van der Waals surface area (Å²) in [5.41, 5.74) is 7.42. The molecular formula is C13H19N5O. The number of hydrogen-bond acceptors (Lipinski definition) is 5. The Morgan fingerprint density at radius 2 is 2.16 bits per heavy atom. The van der Waals surface area contributed by atoms with E-state index in [1.54, 1.807) is 6.33 Å². The van der Waals surface area contributed by atoms with Crippen molar-refractivity contribution in [1.29, 1.82) is 0 Å². The van der Waals surface area contributed by atoms with E-state index in [0.717, 1.165) is 23.8 Å². The molecule has 0 radical (unpaired) electrons. The van der Waals surface area contributed by atoms with Gasteiger partial charge in [-0.05, 0) is 19.9 Å². The fourth-order valence-corrected chi connectivity index (χ4v) is 1.84. The molecule has 0 aliphatic heterocycles. The normalized spacial score (nSPS) is 10.4. The number of aromatic nitrogens is 3. The van der Waals surface area contributed by atoms with Crippen molar-refractivity contribution < 1.29 is 4.74 Å². The van der Waals surface area contributed by atoms with Crippen LogP contribution < -0.4 is 15.8 Å². The van der Waals surface area contributed by atoms with Crippen molar-refractivity contribution in [2.45, 2.75) is 26.9 Å². The van der Waals surface area contributed by atoms with Gasteiger partial charge < -0.3 is 20.4 Å². The van der Waals surface area contributed by atoms with E-state index in [0.29, 0.717) is 18.8 Å². The van der Waals surface area contributed by atoms with Crippen LogP contribution in [0.1, 0.15) is 19.7 Å². The Labute approximate surface area is 112 Å². The largest absolute Gasteiger partial charge is 0.494 e. The van der Waals surface area contributed by atoms with Gasteiger partial charge >= 0.3 is 0 Å². The molecule has 19 heavy (non-hydrogen) atoms. The van der Waals surface area contributed by atoms with Crippen LogP contribution in [0.4, 0.5) is 11.4 Å². The van der Waals surface area contributed by atoms with E-state index < -0.39 is 0 Å².